The third-order valence-corrected chi connectivity index (χ3v) is 11.5. The van der Waals surface area contributed by atoms with Gasteiger partial charge in [0.05, 0.1) is 6.54 Å². The monoisotopic (exact) mass is 436 g/mol. The maximum absolute atomic E-state index is 13.7. The van der Waals surface area contributed by atoms with Crippen molar-refractivity contribution < 1.29 is 4.79 Å². The van der Waals surface area contributed by atoms with Crippen LogP contribution in [0.5, 0.6) is 0 Å². The van der Waals surface area contributed by atoms with Crippen molar-refractivity contribution in [2.45, 2.75) is 90.9 Å². The Bertz CT molecular complexity index is 816. The van der Waals surface area contributed by atoms with Crippen molar-refractivity contribution in [3.8, 4) is 0 Å². The fourth-order valence-corrected chi connectivity index (χ4v) is 10.3. The van der Waals surface area contributed by atoms with Gasteiger partial charge in [0.25, 0.3) is 0 Å². The molecule has 6 rings (SSSR count). The number of ketones is 1. The van der Waals surface area contributed by atoms with Crippen LogP contribution < -0.4 is 5.32 Å². The zero-order chi connectivity index (χ0) is 22.0. The predicted octanol–water partition coefficient (Wildman–Crippen LogP) is 6.38. The van der Waals surface area contributed by atoms with Gasteiger partial charge in [-0.05, 0) is 129 Å². The van der Waals surface area contributed by atoms with E-state index in [2.05, 4.69) is 19.2 Å². The van der Waals surface area contributed by atoms with Gasteiger partial charge in [0.2, 0.25) is 0 Å². The lowest BCUT2D eigenvalue weighted by molar-refractivity contribution is -0.132. The maximum Gasteiger partial charge on any atom is 0.155 e. The first-order valence-corrected chi connectivity index (χ1v) is 14.0. The highest BCUT2D eigenvalue weighted by atomic mass is 16.1. The van der Waals surface area contributed by atoms with E-state index in [1.165, 1.54) is 76.1 Å². The Morgan fingerprint density at radius 1 is 1.00 bits per heavy atom. The summed E-state index contributed by atoms with van der Waals surface area (Å²) in [6.45, 7) is 5.50. The average Bonchev–Trinajstić information content (AvgIpc) is 3.51. The molecule has 6 aliphatic rings. The second-order valence-corrected chi connectivity index (χ2v) is 13.0. The summed E-state index contributed by atoms with van der Waals surface area (Å²) >= 11 is 0. The molecule has 5 saturated carbocycles. The van der Waals surface area contributed by atoms with Gasteiger partial charge in [0.15, 0.2) is 5.78 Å². The number of rotatable bonds is 5. The van der Waals surface area contributed by atoms with Crippen molar-refractivity contribution in [3.63, 3.8) is 0 Å². The lowest BCUT2D eigenvalue weighted by atomic mass is 9.48. The molecule has 0 aromatic heterocycles. The molecular formula is C29H44N2O. The number of allylic oxidation sites excluding steroid dienone is 2. The first-order chi connectivity index (χ1) is 15.5. The fraction of sp³-hybridized carbons (Fsp3) is 0.862. The molecule has 0 aromatic rings. The Morgan fingerprint density at radius 2 is 1.81 bits per heavy atom. The Kier molecular flexibility index (Phi) is 5.34. The van der Waals surface area contributed by atoms with E-state index in [4.69, 9.17) is 5.41 Å². The van der Waals surface area contributed by atoms with Gasteiger partial charge >= 0.3 is 0 Å². The minimum atomic E-state index is 0.258. The summed E-state index contributed by atoms with van der Waals surface area (Å²) in [5.74, 6) is 7.98. The molecule has 0 radical (unpaired) electrons. The van der Waals surface area contributed by atoms with E-state index in [-0.39, 0.29) is 5.41 Å². The standard InChI is InChI=1S/C29H44N2O/c1-17-7-9-20-18(13-17)8-10-22-21(20)11-12-29(2)27(22)23-14-24(23)28(29)26(32)16-31-25-6-4-3-5-19(25)15-30/h15,17-18,20-24,27-28,30-31H,3-14,16H2,1-2H3/t17-,18?,20-,21?,22+,23+,24-,27?,28+,29-/m0/s1. The molecule has 0 saturated heterocycles. The number of hydrogen-bond donors (Lipinski definition) is 2. The first-order valence-electron chi connectivity index (χ1n) is 14.0. The minimum Gasteiger partial charge on any atom is -0.381 e. The normalized spacial score (nSPS) is 49.4. The van der Waals surface area contributed by atoms with Crippen LogP contribution in [0.25, 0.3) is 0 Å². The van der Waals surface area contributed by atoms with Gasteiger partial charge in [-0.1, -0.05) is 20.3 Å². The fourth-order valence-electron chi connectivity index (χ4n) is 10.3. The summed E-state index contributed by atoms with van der Waals surface area (Å²) in [7, 11) is 0. The Morgan fingerprint density at radius 3 is 2.66 bits per heavy atom. The Labute approximate surface area is 195 Å². The van der Waals surface area contributed by atoms with Crippen LogP contribution in [0.4, 0.5) is 0 Å². The van der Waals surface area contributed by atoms with E-state index < -0.39 is 0 Å². The van der Waals surface area contributed by atoms with E-state index in [9.17, 15) is 4.79 Å². The molecule has 0 spiro atoms. The smallest absolute Gasteiger partial charge is 0.155 e. The summed E-state index contributed by atoms with van der Waals surface area (Å²) in [4.78, 5) is 13.7. The second kappa shape index (κ2) is 7.98. The van der Waals surface area contributed by atoms with Crippen LogP contribution in [0.3, 0.4) is 0 Å². The number of hydrogen-bond acceptors (Lipinski definition) is 3. The van der Waals surface area contributed by atoms with Crippen LogP contribution in [0.15, 0.2) is 11.3 Å². The quantitative estimate of drug-likeness (QED) is 0.491. The van der Waals surface area contributed by atoms with Crippen LogP contribution in [0, 0.1) is 64.1 Å². The molecule has 6 aliphatic carbocycles. The third kappa shape index (κ3) is 3.27. The highest BCUT2D eigenvalue weighted by Crippen LogP contribution is 2.74. The molecule has 0 aliphatic heterocycles. The van der Waals surface area contributed by atoms with E-state index in [1.54, 1.807) is 0 Å². The van der Waals surface area contributed by atoms with E-state index >= 15 is 0 Å². The molecule has 0 aromatic carbocycles. The molecule has 0 heterocycles. The van der Waals surface area contributed by atoms with Crippen LogP contribution >= 0.6 is 0 Å². The highest BCUT2D eigenvalue weighted by Gasteiger charge is 2.70. The zero-order valence-electron chi connectivity index (χ0n) is 20.4. The molecule has 176 valence electrons. The number of fused-ring (bicyclic) bond motifs is 7. The number of carbonyl (C=O) groups is 1. The number of Topliss-reactive ketones (excluding diaryl/α,β-unsaturated/α-hetero) is 1. The lowest BCUT2D eigenvalue weighted by Crippen LogP contribution is -2.51. The molecule has 3 heteroatoms. The topological polar surface area (TPSA) is 53.0 Å². The predicted molar refractivity (Wildman–Crippen MR) is 129 cm³/mol. The molecule has 3 unspecified atom stereocenters. The van der Waals surface area contributed by atoms with Gasteiger partial charge in [-0.25, -0.2) is 0 Å². The van der Waals surface area contributed by atoms with Gasteiger partial charge < -0.3 is 10.7 Å². The van der Waals surface area contributed by atoms with Gasteiger partial charge in [0, 0.05) is 17.8 Å². The van der Waals surface area contributed by atoms with Crippen LogP contribution in [-0.2, 0) is 4.79 Å². The summed E-state index contributed by atoms with van der Waals surface area (Å²) in [6, 6.07) is 0. The van der Waals surface area contributed by atoms with Crippen LogP contribution in [0.1, 0.15) is 90.9 Å². The van der Waals surface area contributed by atoms with Crippen molar-refractivity contribution in [1.82, 2.24) is 5.32 Å². The van der Waals surface area contributed by atoms with Gasteiger partial charge in [-0.3, -0.25) is 4.79 Å². The summed E-state index contributed by atoms with van der Waals surface area (Å²) in [5.41, 5.74) is 2.57. The van der Waals surface area contributed by atoms with Crippen molar-refractivity contribution in [3.05, 3.63) is 11.3 Å². The van der Waals surface area contributed by atoms with Crippen molar-refractivity contribution in [1.29, 1.82) is 5.41 Å². The van der Waals surface area contributed by atoms with Gasteiger partial charge in [-0.15, -0.1) is 0 Å². The number of carbonyl (C=O) groups excluding carboxylic acids is 1. The largest absolute Gasteiger partial charge is 0.381 e. The van der Waals surface area contributed by atoms with Crippen LogP contribution in [0.2, 0.25) is 0 Å². The molecule has 32 heavy (non-hydrogen) atoms. The van der Waals surface area contributed by atoms with Gasteiger partial charge in [-0.2, -0.15) is 0 Å². The first kappa shape index (κ1) is 21.4. The van der Waals surface area contributed by atoms with Crippen molar-refractivity contribution in [2.24, 2.45) is 58.7 Å². The highest BCUT2D eigenvalue weighted by molar-refractivity contribution is 5.86. The molecule has 2 N–H and O–H groups in total. The Balaban J connectivity index is 1.18. The van der Waals surface area contributed by atoms with E-state index in [0.717, 1.165) is 59.8 Å². The zero-order valence-corrected chi connectivity index (χ0v) is 20.4. The number of nitrogens with one attached hydrogen (secondary N) is 2. The van der Waals surface area contributed by atoms with E-state index in [1.807, 2.05) is 0 Å². The Hall–Kier alpha value is -1.12. The summed E-state index contributed by atoms with van der Waals surface area (Å²) in [5, 5.41) is 11.3. The summed E-state index contributed by atoms with van der Waals surface area (Å²) in [6.07, 6.45) is 17.3. The maximum atomic E-state index is 13.7. The molecular weight excluding hydrogens is 392 g/mol. The molecule has 3 nitrogen and oxygen atoms in total. The van der Waals surface area contributed by atoms with Gasteiger partial charge in [0.1, 0.15) is 0 Å². The minimum absolute atomic E-state index is 0.258. The average molecular weight is 437 g/mol. The summed E-state index contributed by atoms with van der Waals surface area (Å²) < 4.78 is 0. The molecule has 0 bridgehead atoms. The van der Waals surface area contributed by atoms with Crippen molar-refractivity contribution in [2.75, 3.05) is 6.54 Å². The SMILES string of the molecule is C[C@H]1CC[C@H]2C(CC[C@@H]3C2CC[C@@]2(C)C3[C@@H]3C[C@@H]3[C@@H]2C(=O)CNC2=C(C=N)CCCC2)C1. The van der Waals surface area contributed by atoms with Crippen molar-refractivity contribution >= 4 is 12.0 Å². The van der Waals surface area contributed by atoms with E-state index in [0.29, 0.717) is 24.2 Å². The lowest BCUT2D eigenvalue weighted by Gasteiger charge is -2.57. The second-order valence-electron chi connectivity index (χ2n) is 13.0. The third-order valence-electron chi connectivity index (χ3n) is 11.5. The van der Waals surface area contributed by atoms with Crippen LogP contribution in [-0.4, -0.2) is 18.5 Å². The molecule has 0 amide bonds. The molecule has 10 atom stereocenters. The molecule has 5 fully saturated rings.